The highest BCUT2D eigenvalue weighted by Crippen LogP contribution is 2.11. The molecular formula is C60H90O6. The maximum absolute atomic E-state index is 12.8. The first-order valence-electron chi connectivity index (χ1n) is 25.6. The third kappa shape index (κ3) is 50.0. The fraction of sp³-hybridized carbons (Fsp3) is 0.517. The van der Waals surface area contributed by atoms with Crippen LogP contribution in [0.4, 0.5) is 0 Å². The molecule has 366 valence electrons. The van der Waals surface area contributed by atoms with Gasteiger partial charge in [-0.2, -0.15) is 0 Å². The molecule has 0 N–H and O–H groups in total. The van der Waals surface area contributed by atoms with E-state index >= 15 is 0 Å². The van der Waals surface area contributed by atoms with Crippen molar-refractivity contribution in [1.29, 1.82) is 0 Å². The van der Waals surface area contributed by atoms with Gasteiger partial charge in [-0.1, -0.05) is 211 Å². The molecule has 0 saturated carbocycles. The minimum Gasteiger partial charge on any atom is -0.462 e. The predicted octanol–water partition coefficient (Wildman–Crippen LogP) is 17.0. The molecule has 0 rings (SSSR count). The van der Waals surface area contributed by atoms with Gasteiger partial charge in [0.2, 0.25) is 0 Å². The van der Waals surface area contributed by atoms with E-state index in [1.165, 1.54) is 6.42 Å². The first kappa shape index (κ1) is 61.0. The molecule has 0 aliphatic rings. The second kappa shape index (κ2) is 52.7. The molecule has 0 aliphatic carbocycles. The van der Waals surface area contributed by atoms with E-state index in [-0.39, 0.29) is 44.0 Å². The fourth-order valence-electron chi connectivity index (χ4n) is 6.11. The Kier molecular flexibility index (Phi) is 48.7. The van der Waals surface area contributed by atoms with Gasteiger partial charge in [-0.15, -0.1) is 0 Å². The Bertz CT molecular complexity index is 1560. The number of rotatable bonds is 43. The van der Waals surface area contributed by atoms with E-state index in [1.54, 1.807) is 0 Å². The quantitative estimate of drug-likeness (QED) is 0.0199. The van der Waals surface area contributed by atoms with Crippen molar-refractivity contribution >= 4 is 17.9 Å². The van der Waals surface area contributed by atoms with Gasteiger partial charge in [0.05, 0.1) is 0 Å². The van der Waals surface area contributed by atoms with Crippen LogP contribution in [-0.2, 0) is 28.6 Å². The van der Waals surface area contributed by atoms with Crippen LogP contribution >= 0.6 is 0 Å². The molecule has 0 aliphatic heterocycles. The number of unbranched alkanes of at least 4 members (excludes halogenated alkanes) is 10. The van der Waals surface area contributed by atoms with Crippen molar-refractivity contribution in [2.75, 3.05) is 13.2 Å². The fourth-order valence-corrected chi connectivity index (χ4v) is 6.11. The zero-order chi connectivity index (χ0) is 47.9. The molecule has 0 spiro atoms. The van der Waals surface area contributed by atoms with Crippen molar-refractivity contribution in [2.24, 2.45) is 0 Å². The van der Waals surface area contributed by atoms with E-state index in [4.69, 9.17) is 14.2 Å². The number of ether oxygens (including phenoxy) is 3. The highest BCUT2D eigenvalue weighted by atomic mass is 16.6. The summed E-state index contributed by atoms with van der Waals surface area (Å²) in [6.45, 7) is 6.18. The highest BCUT2D eigenvalue weighted by Gasteiger charge is 2.19. The molecule has 0 aromatic rings. The number of carbonyl (C=O) groups excluding carboxylic acids is 3. The Morgan fingerprint density at radius 1 is 0.333 bits per heavy atom. The topological polar surface area (TPSA) is 78.9 Å². The Labute approximate surface area is 403 Å². The lowest BCUT2D eigenvalue weighted by molar-refractivity contribution is -0.167. The predicted molar refractivity (Wildman–Crippen MR) is 283 cm³/mol. The van der Waals surface area contributed by atoms with Crippen molar-refractivity contribution in [1.82, 2.24) is 0 Å². The first-order valence-corrected chi connectivity index (χ1v) is 25.6. The summed E-state index contributed by atoms with van der Waals surface area (Å²) < 4.78 is 16.7. The van der Waals surface area contributed by atoms with Crippen molar-refractivity contribution in [3.8, 4) is 0 Å². The van der Waals surface area contributed by atoms with Crippen molar-refractivity contribution in [2.45, 2.75) is 187 Å². The van der Waals surface area contributed by atoms with Crippen LogP contribution in [-0.4, -0.2) is 37.2 Å². The van der Waals surface area contributed by atoms with E-state index in [9.17, 15) is 14.4 Å². The van der Waals surface area contributed by atoms with E-state index < -0.39 is 6.10 Å². The summed E-state index contributed by atoms with van der Waals surface area (Å²) in [5.41, 5.74) is 0. The smallest absolute Gasteiger partial charge is 0.306 e. The maximum Gasteiger partial charge on any atom is 0.306 e. The Morgan fingerprint density at radius 3 is 1.14 bits per heavy atom. The Morgan fingerprint density at radius 2 is 0.667 bits per heavy atom. The average Bonchev–Trinajstić information content (AvgIpc) is 3.31. The van der Waals surface area contributed by atoms with Crippen molar-refractivity contribution in [3.05, 3.63) is 158 Å². The SMILES string of the molecule is CC/C=C\C/C=C\C/C=C\C/C=C\C/C=C\CCCCCC(=O)OCC(COC(=O)CCC/C=C\C/C=C\C/C=C\CC)OC(=O)CCCCCCC\C=C/C=C\C=C/C=C\C=C/CCC. The van der Waals surface area contributed by atoms with Crippen LogP contribution in [0.1, 0.15) is 181 Å². The second-order valence-corrected chi connectivity index (χ2v) is 16.1. The summed E-state index contributed by atoms with van der Waals surface area (Å²) >= 11 is 0. The molecule has 1 unspecified atom stereocenters. The molecule has 0 aromatic heterocycles. The van der Waals surface area contributed by atoms with Crippen molar-refractivity contribution < 1.29 is 28.6 Å². The maximum atomic E-state index is 12.8. The molecule has 0 fully saturated rings. The molecule has 0 radical (unpaired) electrons. The average molecular weight is 907 g/mol. The normalized spacial score (nSPS) is 13.4. The van der Waals surface area contributed by atoms with Crippen molar-refractivity contribution in [3.63, 3.8) is 0 Å². The Hall–Kier alpha value is -4.97. The summed E-state index contributed by atoms with van der Waals surface area (Å²) in [4.78, 5) is 37.9. The molecule has 0 heterocycles. The van der Waals surface area contributed by atoms with Crippen LogP contribution in [0.15, 0.2) is 158 Å². The molecule has 66 heavy (non-hydrogen) atoms. The standard InChI is InChI=1S/C60H90O6/c1-4-7-10-13-16-19-22-24-26-28-30-32-33-35-38-41-44-47-50-53-59(62)65-56-57(55-64-58(61)52-49-46-43-40-37-21-18-15-12-9-6-3)66-60(63)54-51-48-45-42-39-36-34-31-29-27-25-23-20-17-14-11-8-5-2/h7,9-12,14,16-21,23-27,29-32,34-35,38,40,43,57H,4-6,8,13,15,22,28,33,36-37,39,41-42,44-56H2,1-3H3/b10-7-,12-9-,14-11-,19-16-,20-17-,21-18-,25-23-,26-24-,29-27-,32-30-,34-31-,38-35-,43-40-. The zero-order valence-corrected chi connectivity index (χ0v) is 41.6. The van der Waals surface area contributed by atoms with Gasteiger partial charge in [-0.25, -0.2) is 0 Å². The summed E-state index contributed by atoms with van der Waals surface area (Å²) in [6.07, 6.45) is 76.6. The summed E-state index contributed by atoms with van der Waals surface area (Å²) in [5, 5.41) is 0. The molecule has 0 bridgehead atoms. The third-order valence-electron chi connectivity index (χ3n) is 9.86. The van der Waals surface area contributed by atoms with Crippen LogP contribution in [0.5, 0.6) is 0 Å². The molecule has 6 nitrogen and oxygen atoms in total. The van der Waals surface area contributed by atoms with Gasteiger partial charge in [-0.05, 0) is 109 Å². The second-order valence-electron chi connectivity index (χ2n) is 16.1. The molecule has 0 aromatic carbocycles. The van der Waals surface area contributed by atoms with Crippen LogP contribution < -0.4 is 0 Å². The van der Waals surface area contributed by atoms with Crippen LogP contribution in [0.3, 0.4) is 0 Å². The number of esters is 3. The number of hydrogen-bond donors (Lipinski definition) is 0. The van der Waals surface area contributed by atoms with E-state index in [0.29, 0.717) is 12.8 Å². The molecule has 0 saturated heterocycles. The Balaban J connectivity index is 4.57. The van der Waals surface area contributed by atoms with E-state index in [0.717, 1.165) is 128 Å². The van der Waals surface area contributed by atoms with Crippen LogP contribution in [0.2, 0.25) is 0 Å². The monoisotopic (exact) mass is 907 g/mol. The van der Waals surface area contributed by atoms with E-state index in [2.05, 4.69) is 142 Å². The van der Waals surface area contributed by atoms with Gasteiger partial charge in [-0.3, -0.25) is 14.4 Å². The van der Waals surface area contributed by atoms with Gasteiger partial charge >= 0.3 is 17.9 Å². The van der Waals surface area contributed by atoms with Gasteiger partial charge < -0.3 is 14.2 Å². The number of hydrogen-bond acceptors (Lipinski definition) is 6. The number of allylic oxidation sites excluding steroid dienone is 26. The molecule has 0 amide bonds. The minimum atomic E-state index is -0.833. The molecular weight excluding hydrogens is 817 g/mol. The lowest BCUT2D eigenvalue weighted by Crippen LogP contribution is -2.30. The largest absolute Gasteiger partial charge is 0.462 e. The first-order chi connectivity index (χ1) is 32.5. The van der Waals surface area contributed by atoms with Gasteiger partial charge in [0.25, 0.3) is 0 Å². The van der Waals surface area contributed by atoms with E-state index in [1.807, 2.05) is 36.5 Å². The van der Waals surface area contributed by atoms with Crippen LogP contribution in [0, 0.1) is 0 Å². The summed E-state index contributed by atoms with van der Waals surface area (Å²) in [6, 6.07) is 0. The minimum absolute atomic E-state index is 0.130. The molecule has 6 heteroatoms. The van der Waals surface area contributed by atoms with Gasteiger partial charge in [0, 0.05) is 19.3 Å². The lowest BCUT2D eigenvalue weighted by Gasteiger charge is -2.18. The molecule has 1 atom stereocenters. The third-order valence-corrected chi connectivity index (χ3v) is 9.86. The summed E-state index contributed by atoms with van der Waals surface area (Å²) in [5.74, 6) is -1.06. The summed E-state index contributed by atoms with van der Waals surface area (Å²) in [7, 11) is 0. The number of carbonyl (C=O) groups is 3. The van der Waals surface area contributed by atoms with Gasteiger partial charge in [0.15, 0.2) is 6.10 Å². The highest BCUT2D eigenvalue weighted by molar-refractivity contribution is 5.71. The zero-order valence-electron chi connectivity index (χ0n) is 41.6. The van der Waals surface area contributed by atoms with Gasteiger partial charge in [0.1, 0.15) is 13.2 Å². The van der Waals surface area contributed by atoms with Crippen LogP contribution in [0.25, 0.3) is 0 Å². The lowest BCUT2D eigenvalue weighted by atomic mass is 10.1.